The second-order valence-electron chi connectivity index (χ2n) is 7.56. The number of rotatable bonds is 2. The summed E-state index contributed by atoms with van der Waals surface area (Å²) in [5.74, 6) is -0.159. The van der Waals surface area contributed by atoms with Crippen LogP contribution >= 0.6 is 0 Å². The first-order chi connectivity index (χ1) is 15.5. The third kappa shape index (κ3) is 3.35. The van der Waals surface area contributed by atoms with E-state index >= 15 is 0 Å². The first kappa shape index (κ1) is 21.0. The smallest absolute Gasteiger partial charge is 0.290 e. The molecular weight excluding hydrogens is 410 g/mol. The zero-order valence-electron chi connectivity index (χ0n) is 17.0. The van der Waals surface area contributed by atoms with Crippen LogP contribution in [0.2, 0.25) is 0 Å². The van der Waals surface area contributed by atoms with E-state index in [9.17, 15) is 14.7 Å². The van der Waals surface area contributed by atoms with Crippen molar-refractivity contribution in [2.24, 2.45) is 0 Å². The lowest BCUT2D eigenvalue weighted by Gasteiger charge is -2.34. The monoisotopic (exact) mass is 431 g/mol. The molecule has 1 aromatic heterocycles. The molecule has 3 heterocycles. The Bertz CT molecular complexity index is 1150. The van der Waals surface area contributed by atoms with Gasteiger partial charge in [-0.2, -0.15) is 0 Å². The van der Waals surface area contributed by atoms with Crippen molar-refractivity contribution in [2.75, 3.05) is 11.9 Å². The molecule has 8 nitrogen and oxygen atoms in total. The van der Waals surface area contributed by atoms with Crippen LogP contribution in [-0.4, -0.2) is 44.9 Å². The molecule has 2 unspecified atom stereocenters. The average Bonchev–Trinajstić information content (AvgIpc) is 3.34. The number of aromatic hydroxyl groups is 1. The second kappa shape index (κ2) is 8.50. The van der Waals surface area contributed by atoms with Crippen LogP contribution in [0, 0.1) is 0 Å². The molecule has 2 aromatic carbocycles. The van der Waals surface area contributed by atoms with Crippen LogP contribution in [0.25, 0.3) is 0 Å². The number of carboxylic acid groups (broad SMARTS) is 1. The lowest BCUT2D eigenvalue weighted by molar-refractivity contribution is -0.123. The summed E-state index contributed by atoms with van der Waals surface area (Å²) in [6.07, 6.45) is 3.93. The number of benzene rings is 2. The van der Waals surface area contributed by atoms with Crippen LogP contribution in [0.4, 0.5) is 5.69 Å². The van der Waals surface area contributed by atoms with Gasteiger partial charge in [-0.25, -0.2) is 0 Å². The number of para-hydroxylation sites is 1. The van der Waals surface area contributed by atoms with Gasteiger partial charge in [-0.3, -0.25) is 19.4 Å². The summed E-state index contributed by atoms with van der Waals surface area (Å²) in [6, 6.07) is 17.1. The molecule has 0 saturated carbocycles. The van der Waals surface area contributed by atoms with Crippen molar-refractivity contribution in [3.8, 4) is 5.75 Å². The summed E-state index contributed by atoms with van der Waals surface area (Å²) in [6.45, 7) is 0.195. The molecule has 2 amide bonds. The van der Waals surface area contributed by atoms with E-state index in [1.807, 2.05) is 36.4 Å². The van der Waals surface area contributed by atoms with E-state index in [1.54, 1.807) is 29.4 Å². The highest BCUT2D eigenvalue weighted by Crippen LogP contribution is 2.54. The van der Waals surface area contributed by atoms with Gasteiger partial charge in [0.1, 0.15) is 11.2 Å². The highest BCUT2D eigenvalue weighted by atomic mass is 16.3. The number of aromatic nitrogens is 1. The number of fused-ring (bicyclic) bond motifs is 2. The van der Waals surface area contributed by atoms with Crippen molar-refractivity contribution in [1.82, 2.24) is 9.88 Å². The lowest BCUT2D eigenvalue weighted by atomic mass is 9.73. The van der Waals surface area contributed by atoms with Crippen LogP contribution in [0.1, 0.15) is 33.9 Å². The van der Waals surface area contributed by atoms with Gasteiger partial charge in [0.15, 0.2) is 0 Å². The van der Waals surface area contributed by atoms with Crippen molar-refractivity contribution in [2.45, 2.75) is 17.9 Å². The molecule has 32 heavy (non-hydrogen) atoms. The summed E-state index contributed by atoms with van der Waals surface area (Å²) in [5, 5.41) is 19.5. The number of likely N-dealkylation sites (tertiary alicyclic amines) is 1. The zero-order valence-corrected chi connectivity index (χ0v) is 17.0. The van der Waals surface area contributed by atoms with Gasteiger partial charge in [-0.1, -0.05) is 24.3 Å². The van der Waals surface area contributed by atoms with Crippen molar-refractivity contribution in [1.29, 1.82) is 0 Å². The number of hydrogen-bond donors (Lipinski definition) is 3. The first-order valence-corrected chi connectivity index (χ1v) is 10.0. The molecule has 2 aliphatic rings. The zero-order chi connectivity index (χ0) is 22.7. The summed E-state index contributed by atoms with van der Waals surface area (Å²) < 4.78 is 0. The Labute approximate surface area is 184 Å². The Morgan fingerprint density at radius 1 is 1.12 bits per heavy atom. The van der Waals surface area contributed by atoms with E-state index in [1.165, 1.54) is 12.1 Å². The van der Waals surface area contributed by atoms with E-state index in [-0.39, 0.29) is 24.0 Å². The third-order valence-electron chi connectivity index (χ3n) is 5.96. The van der Waals surface area contributed by atoms with E-state index in [4.69, 9.17) is 9.90 Å². The predicted molar refractivity (Wildman–Crippen MR) is 116 cm³/mol. The molecular formula is C24H21N3O5. The summed E-state index contributed by atoms with van der Waals surface area (Å²) in [5.41, 5.74) is 2.15. The fraction of sp³-hybridized carbons (Fsp3) is 0.167. The van der Waals surface area contributed by atoms with E-state index in [0.29, 0.717) is 18.5 Å². The van der Waals surface area contributed by atoms with Crippen LogP contribution < -0.4 is 5.32 Å². The van der Waals surface area contributed by atoms with Crippen LogP contribution in [0.5, 0.6) is 5.75 Å². The highest BCUT2D eigenvalue weighted by molar-refractivity contribution is 6.08. The van der Waals surface area contributed by atoms with Gasteiger partial charge < -0.3 is 20.4 Å². The summed E-state index contributed by atoms with van der Waals surface area (Å²) in [7, 11) is 0. The van der Waals surface area contributed by atoms with Gasteiger partial charge in [0.05, 0.1) is 6.04 Å². The quantitative estimate of drug-likeness (QED) is 0.537. The Kier molecular flexibility index (Phi) is 5.59. The van der Waals surface area contributed by atoms with Gasteiger partial charge in [0.2, 0.25) is 5.91 Å². The Morgan fingerprint density at radius 3 is 2.53 bits per heavy atom. The number of phenols is 1. The fourth-order valence-corrected chi connectivity index (χ4v) is 4.68. The van der Waals surface area contributed by atoms with Gasteiger partial charge in [-0.05, 0) is 53.9 Å². The number of amides is 2. The SMILES string of the molecule is O=C(c1ccc(O)cc1)N1CCC2(C(=O)Nc3ccccc32)C1c1cccnc1.O=CO. The largest absolute Gasteiger partial charge is 0.508 e. The second-order valence-corrected chi connectivity index (χ2v) is 7.56. The minimum absolute atomic E-state index is 0.0893. The van der Waals surface area contributed by atoms with Gasteiger partial charge in [-0.15, -0.1) is 0 Å². The maximum Gasteiger partial charge on any atom is 0.290 e. The van der Waals surface area contributed by atoms with Crippen molar-refractivity contribution in [3.63, 3.8) is 0 Å². The van der Waals surface area contributed by atoms with Crippen molar-refractivity contribution in [3.05, 3.63) is 89.7 Å². The topological polar surface area (TPSA) is 120 Å². The Balaban J connectivity index is 0.000000775. The van der Waals surface area contributed by atoms with E-state index in [0.717, 1.165) is 16.8 Å². The van der Waals surface area contributed by atoms with Gasteiger partial charge in [0, 0.05) is 30.2 Å². The molecule has 3 aromatic rings. The number of nitrogens with zero attached hydrogens (tertiary/aromatic N) is 2. The lowest BCUT2D eigenvalue weighted by Crippen LogP contribution is -2.42. The number of hydrogen-bond acceptors (Lipinski definition) is 5. The molecule has 1 fully saturated rings. The number of anilines is 1. The number of nitrogens with one attached hydrogen (secondary N) is 1. The molecule has 2 aliphatic heterocycles. The minimum atomic E-state index is -0.855. The molecule has 0 radical (unpaired) electrons. The predicted octanol–water partition coefficient (Wildman–Crippen LogP) is 2.97. The maximum absolute atomic E-state index is 13.4. The average molecular weight is 431 g/mol. The minimum Gasteiger partial charge on any atom is -0.508 e. The van der Waals surface area contributed by atoms with Gasteiger partial charge >= 0.3 is 0 Å². The fourth-order valence-electron chi connectivity index (χ4n) is 4.68. The van der Waals surface area contributed by atoms with Crippen LogP contribution in [-0.2, 0) is 15.0 Å². The first-order valence-electron chi connectivity index (χ1n) is 10.0. The molecule has 5 rings (SSSR count). The summed E-state index contributed by atoms with van der Waals surface area (Å²) in [4.78, 5) is 41.0. The molecule has 1 spiro atoms. The number of pyridine rings is 1. The normalized spacial score (nSPS) is 20.8. The maximum atomic E-state index is 13.4. The van der Waals surface area contributed by atoms with E-state index < -0.39 is 11.5 Å². The molecule has 8 heteroatoms. The number of carbonyl (C=O) groups is 3. The Hall–Kier alpha value is -4.20. The van der Waals surface area contributed by atoms with Crippen LogP contribution in [0.3, 0.4) is 0 Å². The summed E-state index contributed by atoms with van der Waals surface area (Å²) >= 11 is 0. The number of carbonyl (C=O) groups excluding carboxylic acids is 2. The number of phenolic OH excluding ortho intramolecular Hbond substituents is 1. The molecule has 2 atom stereocenters. The van der Waals surface area contributed by atoms with E-state index in [2.05, 4.69) is 10.3 Å². The van der Waals surface area contributed by atoms with Gasteiger partial charge in [0.25, 0.3) is 12.4 Å². The molecule has 3 N–H and O–H groups in total. The molecule has 0 aliphatic carbocycles. The molecule has 1 saturated heterocycles. The molecule has 0 bridgehead atoms. The Morgan fingerprint density at radius 2 is 1.84 bits per heavy atom. The highest BCUT2D eigenvalue weighted by Gasteiger charge is 2.59. The van der Waals surface area contributed by atoms with Crippen LogP contribution in [0.15, 0.2) is 73.1 Å². The van der Waals surface area contributed by atoms with Crippen molar-refractivity contribution >= 4 is 24.0 Å². The third-order valence-corrected chi connectivity index (χ3v) is 5.96. The standard InChI is InChI=1S/C23H19N3O3.CH2O2/c27-17-9-7-15(8-10-17)21(28)26-13-11-23(20(26)16-4-3-12-24-14-16)18-5-1-2-6-19(18)25-22(23)29;2-1-3/h1-10,12,14,20,27H,11,13H2,(H,25,29);1H,(H,2,3). The molecule has 162 valence electrons. The van der Waals surface area contributed by atoms with Crippen molar-refractivity contribution < 1.29 is 24.6 Å².